The van der Waals surface area contributed by atoms with Gasteiger partial charge in [-0.1, -0.05) is 20.8 Å². The van der Waals surface area contributed by atoms with Crippen LogP contribution >= 0.6 is 0 Å². The average molecular weight is 174 g/mol. The van der Waals surface area contributed by atoms with E-state index in [-0.39, 0.29) is 5.41 Å². The molecule has 0 bridgehead atoms. The van der Waals surface area contributed by atoms with Gasteiger partial charge in [0, 0.05) is 17.3 Å². The maximum absolute atomic E-state index is 8.83. The van der Waals surface area contributed by atoms with Crippen molar-refractivity contribution in [1.29, 1.82) is 5.26 Å². The maximum Gasteiger partial charge on any atom is 0.0995 e. The lowest BCUT2D eigenvalue weighted by Gasteiger charge is -2.20. The fourth-order valence-corrected chi connectivity index (χ4v) is 1.41. The Kier molecular flexibility index (Phi) is 2.38. The molecule has 0 spiro atoms. The Labute approximate surface area is 79.2 Å². The van der Waals surface area contributed by atoms with E-state index in [0.717, 1.165) is 16.8 Å². The summed E-state index contributed by atoms with van der Waals surface area (Å²) in [6, 6.07) is 3.92. The van der Waals surface area contributed by atoms with Gasteiger partial charge in [0.15, 0.2) is 0 Å². The van der Waals surface area contributed by atoms with Crippen molar-refractivity contribution >= 4 is 0 Å². The Morgan fingerprint density at radius 2 is 2.00 bits per heavy atom. The molecule has 0 amide bonds. The number of hydrogen-bond acceptors (Lipinski definition) is 2. The summed E-state index contributed by atoms with van der Waals surface area (Å²) in [5.41, 5.74) is 2.74. The van der Waals surface area contributed by atoms with Crippen LogP contribution < -0.4 is 0 Å². The van der Waals surface area contributed by atoms with Crippen LogP contribution in [-0.2, 0) is 5.41 Å². The summed E-state index contributed by atoms with van der Waals surface area (Å²) in [4.78, 5) is 4.31. The normalized spacial score (nSPS) is 11.0. The molecule has 0 saturated carbocycles. The minimum Gasteiger partial charge on any atom is -0.260 e. The Hall–Kier alpha value is -1.36. The van der Waals surface area contributed by atoms with Crippen LogP contribution in [0.2, 0.25) is 0 Å². The summed E-state index contributed by atoms with van der Waals surface area (Å²) in [5, 5.41) is 8.83. The van der Waals surface area contributed by atoms with E-state index >= 15 is 0 Å². The second-order valence-corrected chi connectivity index (χ2v) is 4.19. The van der Waals surface area contributed by atoms with Crippen molar-refractivity contribution in [3.63, 3.8) is 0 Å². The summed E-state index contributed by atoms with van der Waals surface area (Å²) in [5.74, 6) is 0. The molecule has 0 N–H and O–H groups in total. The van der Waals surface area contributed by atoms with Crippen molar-refractivity contribution in [2.24, 2.45) is 0 Å². The molecule has 13 heavy (non-hydrogen) atoms. The Morgan fingerprint density at radius 1 is 1.38 bits per heavy atom. The minimum atomic E-state index is 0.0109. The maximum atomic E-state index is 8.83. The first-order valence-electron chi connectivity index (χ1n) is 4.33. The van der Waals surface area contributed by atoms with Crippen LogP contribution in [0.5, 0.6) is 0 Å². The molecular weight excluding hydrogens is 160 g/mol. The van der Waals surface area contributed by atoms with Gasteiger partial charge in [-0.25, -0.2) is 0 Å². The van der Waals surface area contributed by atoms with Crippen molar-refractivity contribution in [3.05, 3.63) is 29.1 Å². The highest BCUT2D eigenvalue weighted by Gasteiger charge is 2.19. The fraction of sp³-hybridized carbons (Fsp3) is 0.455. The Balaban J connectivity index is 3.34. The SMILES string of the molecule is Cc1c(C#N)ccnc1C(C)(C)C. The highest BCUT2D eigenvalue weighted by Crippen LogP contribution is 2.24. The van der Waals surface area contributed by atoms with E-state index in [2.05, 4.69) is 31.8 Å². The van der Waals surface area contributed by atoms with Gasteiger partial charge in [-0.2, -0.15) is 5.26 Å². The number of aromatic nitrogens is 1. The molecule has 1 aromatic rings. The van der Waals surface area contributed by atoms with E-state index in [1.165, 1.54) is 0 Å². The molecule has 0 saturated heterocycles. The van der Waals surface area contributed by atoms with Gasteiger partial charge in [0.05, 0.1) is 11.6 Å². The first-order chi connectivity index (χ1) is 5.96. The zero-order valence-electron chi connectivity index (χ0n) is 8.55. The predicted molar refractivity (Wildman–Crippen MR) is 52.4 cm³/mol. The van der Waals surface area contributed by atoms with Gasteiger partial charge in [-0.05, 0) is 18.6 Å². The molecule has 68 valence electrons. The van der Waals surface area contributed by atoms with Crippen LogP contribution in [0.4, 0.5) is 0 Å². The molecule has 0 aliphatic rings. The van der Waals surface area contributed by atoms with Crippen LogP contribution in [0.3, 0.4) is 0 Å². The molecule has 0 atom stereocenters. The van der Waals surface area contributed by atoms with Gasteiger partial charge in [0.2, 0.25) is 0 Å². The molecule has 1 aromatic heterocycles. The smallest absolute Gasteiger partial charge is 0.0995 e. The van der Waals surface area contributed by atoms with E-state index in [1.807, 2.05) is 6.92 Å². The highest BCUT2D eigenvalue weighted by molar-refractivity contribution is 5.40. The summed E-state index contributed by atoms with van der Waals surface area (Å²) < 4.78 is 0. The topological polar surface area (TPSA) is 36.7 Å². The van der Waals surface area contributed by atoms with Crippen LogP contribution in [0, 0.1) is 18.3 Å². The number of hydrogen-bond donors (Lipinski definition) is 0. The predicted octanol–water partition coefficient (Wildman–Crippen LogP) is 2.56. The zero-order chi connectivity index (χ0) is 10.1. The van der Waals surface area contributed by atoms with E-state index in [1.54, 1.807) is 12.3 Å². The lowest BCUT2D eigenvalue weighted by atomic mass is 9.87. The number of pyridine rings is 1. The molecule has 0 aliphatic heterocycles. The van der Waals surface area contributed by atoms with Crippen molar-refractivity contribution in [2.75, 3.05) is 0 Å². The van der Waals surface area contributed by atoms with Gasteiger partial charge in [-0.15, -0.1) is 0 Å². The first kappa shape index (κ1) is 9.73. The summed E-state index contributed by atoms with van der Waals surface area (Å²) in [6.07, 6.45) is 1.70. The molecule has 1 rings (SSSR count). The first-order valence-corrected chi connectivity index (χ1v) is 4.33. The van der Waals surface area contributed by atoms with Gasteiger partial charge in [0.25, 0.3) is 0 Å². The number of rotatable bonds is 0. The Bertz CT molecular complexity index is 353. The van der Waals surface area contributed by atoms with E-state index < -0.39 is 0 Å². The van der Waals surface area contributed by atoms with Crippen LogP contribution in [0.15, 0.2) is 12.3 Å². The monoisotopic (exact) mass is 174 g/mol. The molecule has 0 aromatic carbocycles. The average Bonchev–Trinajstić information content (AvgIpc) is 2.02. The van der Waals surface area contributed by atoms with Crippen LogP contribution in [0.1, 0.15) is 37.6 Å². The minimum absolute atomic E-state index is 0.0109. The van der Waals surface area contributed by atoms with Crippen molar-refractivity contribution < 1.29 is 0 Å². The van der Waals surface area contributed by atoms with Crippen molar-refractivity contribution in [3.8, 4) is 6.07 Å². The zero-order valence-corrected chi connectivity index (χ0v) is 8.55. The molecule has 0 unspecified atom stereocenters. The van der Waals surface area contributed by atoms with E-state index in [4.69, 9.17) is 5.26 Å². The van der Waals surface area contributed by atoms with Crippen LogP contribution in [-0.4, -0.2) is 4.98 Å². The van der Waals surface area contributed by atoms with E-state index in [0.29, 0.717) is 0 Å². The van der Waals surface area contributed by atoms with Gasteiger partial charge >= 0.3 is 0 Å². The largest absolute Gasteiger partial charge is 0.260 e. The standard InChI is InChI=1S/C11H14N2/c1-8-9(7-12)5-6-13-10(8)11(2,3)4/h5-6H,1-4H3. The van der Waals surface area contributed by atoms with Gasteiger partial charge in [-0.3, -0.25) is 4.98 Å². The second-order valence-electron chi connectivity index (χ2n) is 4.19. The van der Waals surface area contributed by atoms with E-state index in [9.17, 15) is 0 Å². The van der Waals surface area contributed by atoms with Crippen molar-refractivity contribution in [2.45, 2.75) is 33.1 Å². The molecule has 0 aliphatic carbocycles. The molecule has 1 heterocycles. The molecule has 0 radical (unpaired) electrons. The Morgan fingerprint density at radius 3 is 2.46 bits per heavy atom. The molecule has 2 heteroatoms. The summed E-state index contributed by atoms with van der Waals surface area (Å²) in [7, 11) is 0. The molecule has 0 fully saturated rings. The lowest BCUT2D eigenvalue weighted by molar-refractivity contribution is 0.564. The van der Waals surface area contributed by atoms with Crippen LogP contribution in [0.25, 0.3) is 0 Å². The van der Waals surface area contributed by atoms with Gasteiger partial charge < -0.3 is 0 Å². The highest BCUT2D eigenvalue weighted by atomic mass is 14.7. The number of nitrogens with zero attached hydrogens (tertiary/aromatic N) is 2. The quantitative estimate of drug-likeness (QED) is 0.606. The number of nitriles is 1. The summed E-state index contributed by atoms with van der Waals surface area (Å²) >= 11 is 0. The third-order valence-corrected chi connectivity index (χ3v) is 2.03. The fourth-order valence-electron chi connectivity index (χ4n) is 1.41. The lowest BCUT2D eigenvalue weighted by Crippen LogP contribution is -2.15. The summed E-state index contributed by atoms with van der Waals surface area (Å²) in [6.45, 7) is 8.25. The van der Waals surface area contributed by atoms with Crippen molar-refractivity contribution in [1.82, 2.24) is 4.98 Å². The third kappa shape index (κ3) is 1.86. The molecule has 2 nitrogen and oxygen atoms in total. The second kappa shape index (κ2) is 3.18. The van der Waals surface area contributed by atoms with Gasteiger partial charge in [0.1, 0.15) is 0 Å². The third-order valence-electron chi connectivity index (χ3n) is 2.03. The molecular formula is C11H14N2.